The zero-order valence-electron chi connectivity index (χ0n) is 35.4. The average Bonchev–Trinajstić information content (AvgIpc) is 4.03. The van der Waals surface area contributed by atoms with Crippen molar-refractivity contribution in [1.29, 1.82) is 0 Å². The molecule has 0 saturated heterocycles. The molecule has 0 unspecified atom stereocenters. The zero-order valence-corrected chi connectivity index (χ0v) is 35.4. The third-order valence-electron chi connectivity index (χ3n) is 10.7. The first kappa shape index (κ1) is 42.7. The molecular weight excluding hydrogens is 793 g/mol. The molecule has 18 heteroatoms. The molecule has 18 nitrogen and oxygen atoms in total. The van der Waals surface area contributed by atoms with Gasteiger partial charge in [0.2, 0.25) is 23.7 Å². The van der Waals surface area contributed by atoms with Crippen LogP contribution in [0.1, 0.15) is 99.0 Å². The lowest BCUT2D eigenvalue weighted by Gasteiger charge is -2.15. The van der Waals surface area contributed by atoms with Crippen LogP contribution in [0.3, 0.4) is 0 Å². The number of nitrogens with zero attached hydrogens (tertiary/aromatic N) is 8. The van der Waals surface area contributed by atoms with Crippen LogP contribution in [0.5, 0.6) is 11.5 Å². The van der Waals surface area contributed by atoms with Crippen molar-refractivity contribution in [1.82, 2.24) is 38.7 Å². The summed E-state index contributed by atoms with van der Waals surface area (Å²) in [6.07, 6.45) is 9.34. The van der Waals surface area contributed by atoms with E-state index in [-0.39, 0.29) is 42.7 Å². The highest BCUT2D eigenvalue weighted by Gasteiger charge is 2.24. The minimum Gasteiger partial charge on any atom is -0.494 e. The molecule has 1 saturated carbocycles. The number of anilines is 2. The number of carbonyl (C=O) groups excluding carboxylic acids is 4. The van der Waals surface area contributed by atoms with Gasteiger partial charge >= 0.3 is 0 Å². The highest BCUT2D eigenvalue weighted by Crippen LogP contribution is 2.33. The molecule has 4 heterocycles. The van der Waals surface area contributed by atoms with E-state index in [1.807, 2.05) is 32.9 Å². The van der Waals surface area contributed by atoms with E-state index in [9.17, 15) is 19.2 Å². The number of nitrogens with two attached hydrogens (primary N) is 2. The third-order valence-corrected chi connectivity index (χ3v) is 10.7. The number of imidazole rings is 2. The molecule has 0 bridgehead atoms. The van der Waals surface area contributed by atoms with E-state index < -0.39 is 23.6 Å². The van der Waals surface area contributed by atoms with Crippen molar-refractivity contribution >= 4 is 57.6 Å². The first-order valence-electron chi connectivity index (χ1n) is 20.6. The number of aromatic nitrogens is 8. The fourth-order valence-corrected chi connectivity index (χ4v) is 7.73. The van der Waals surface area contributed by atoms with Gasteiger partial charge in [0.15, 0.2) is 0 Å². The number of ether oxygens (including phenoxy) is 2. The predicted octanol–water partition coefficient (Wildman–Crippen LogP) is 5.37. The first-order chi connectivity index (χ1) is 29.9. The third kappa shape index (κ3) is 9.01. The van der Waals surface area contributed by atoms with Crippen molar-refractivity contribution in [2.45, 2.75) is 86.0 Å². The quantitative estimate of drug-likeness (QED) is 0.0763. The van der Waals surface area contributed by atoms with Crippen LogP contribution in [0.4, 0.5) is 11.9 Å². The van der Waals surface area contributed by atoms with Crippen LogP contribution in [0.2, 0.25) is 0 Å². The molecule has 2 aromatic carbocycles. The van der Waals surface area contributed by atoms with Crippen molar-refractivity contribution in [3.8, 4) is 23.3 Å². The number of hydrogen-bond donors (Lipinski definition) is 4. The Balaban J connectivity index is 1.27. The average molecular weight is 843 g/mol. The molecule has 1 fully saturated rings. The summed E-state index contributed by atoms with van der Waals surface area (Å²) in [7, 11) is 1.47. The number of primary amides is 2. The molecule has 4 amide bonds. The van der Waals surface area contributed by atoms with Crippen molar-refractivity contribution in [3.05, 3.63) is 82.5 Å². The lowest BCUT2D eigenvalue weighted by molar-refractivity contribution is 0.0991. The molecule has 62 heavy (non-hydrogen) atoms. The van der Waals surface area contributed by atoms with E-state index in [0.29, 0.717) is 75.3 Å². The normalized spacial score (nSPS) is 13.0. The number of allylic oxidation sites excluding steroid dienone is 2. The Labute approximate surface area is 357 Å². The Morgan fingerprint density at radius 3 is 1.69 bits per heavy atom. The minimum atomic E-state index is -0.671. The van der Waals surface area contributed by atoms with E-state index >= 15 is 0 Å². The van der Waals surface area contributed by atoms with Gasteiger partial charge in [-0.05, 0) is 76.9 Å². The summed E-state index contributed by atoms with van der Waals surface area (Å²) >= 11 is 0. The summed E-state index contributed by atoms with van der Waals surface area (Å²) in [6.45, 7) is 8.72. The molecule has 322 valence electrons. The maximum atomic E-state index is 13.8. The molecule has 0 radical (unpaired) electrons. The number of amides is 4. The van der Waals surface area contributed by atoms with Crippen LogP contribution in [-0.2, 0) is 26.2 Å². The fraction of sp³-hybridized carbons (Fsp3) is 0.364. The second-order valence-electron chi connectivity index (χ2n) is 15.0. The van der Waals surface area contributed by atoms with Crippen molar-refractivity contribution < 1.29 is 28.7 Å². The highest BCUT2D eigenvalue weighted by molar-refractivity contribution is 6.05. The fourth-order valence-electron chi connectivity index (χ4n) is 7.73. The molecule has 7 rings (SSSR count). The molecule has 4 aromatic heterocycles. The van der Waals surface area contributed by atoms with Gasteiger partial charge in [0.1, 0.15) is 40.5 Å². The topological polar surface area (TPSA) is 234 Å². The molecule has 6 N–H and O–H groups in total. The van der Waals surface area contributed by atoms with Crippen LogP contribution in [-0.4, -0.2) is 76.0 Å². The van der Waals surface area contributed by atoms with Crippen LogP contribution < -0.4 is 31.6 Å². The van der Waals surface area contributed by atoms with Crippen molar-refractivity contribution in [3.63, 3.8) is 0 Å². The predicted molar refractivity (Wildman–Crippen MR) is 233 cm³/mol. The van der Waals surface area contributed by atoms with Gasteiger partial charge in [-0.15, -0.1) is 0 Å². The Kier molecular flexibility index (Phi) is 12.7. The largest absolute Gasteiger partial charge is 0.494 e. The van der Waals surface area contributed by atoms with E-state index in [1.54, 1.807) is 49.7 Å². The molecule has 0 atom stereocenters. The molecule has 0 spiro atoms. The van der Waals surface area contributed by atoms with E-state index in [1.165, 1.54) is 25.7 Å². The standard InChI is InChI=1S/C44H50N12O6/c1-6-55-33(20-26(3)51-55)41(59)49-43-47-31-22-29(39(45)57)24-35(61-5)37(31)53(43)17-11-12-18-54-38-32(48-44(54)50-42(60)34-21-27(4)52-56(34)7-2)23-30(40(46)58)25-36(38)62-19-13-16-28-14-9-8-10-15-28/h11-12,20-25,28H,6-10,14-15,17-19H2,1-5H3,(H2,45,57)(H2,46,58)(H,47,49,59)(H,48,50,60)/b12-11+. The Bertz CT molecular complexity index is 2790. The number of methoxy groups -OCH3 is 1. The number of rotatable bonds is 15. The summed E-state index contributed by atoms with van der Waals surface area (Å²) in [6, 6.07) is 9.55. The van der Waals surface area contributed by atoms with Gasteiger partial charge in [0.05, 0.1) is 29.5 Å². The van der Waals surface area contributed by atoms with Crippen LogP contribution in [0.25, 0.3) is 22.1 Å². The number of fused-ring (bicyclic) bond motifs is 2. The second kappa shape index (κ2) is 18.5. The SMILES string of the molecule is CCn1nc(C)cc1C(=O)Nc1nc2cc(C(N)=O)cc(OC)c2n1C/C=C/Cn1c(NC(=O)c2cc(C)nn2CC)nc2cc(C(N)=O)cc(OCC#CC3CCCCC3)c21. The van der Waals surface area contributed by atoms with Gasteiger partial charge < -0.3 is 30.1 Å². The number of nitrogens with one attached hydrogen (secondary N) is 2. The van der Waals surface area contributed by atoms with Gasteiger partial charge in [-0.25, -0.2) is 9.97 Å². The molecule has 6 aromatic rings. The monoisotopic (exact) mass is 842 g/mol. The van der Waals surface area contributed by atoms with Crippen molar-refractivity contribution in [2.75, 3.05) is 24.4 Å². The molecular formula is C44H50N12O6. The first-order valence-corrected chi connectivity index (χ1v) is 20.6. The lowest BCUT2D eigenvalue weighted by Crippen LogP contribution is -2.20. The maximum Gasteiger partial charge on any atom is 0.276 e. The number of benzene rings is 2. The number of carbonyl (C=O) groups is 4. The minimum absolute atomic E-state index is 0.0611. The summed E-state index contributed by atoms with van der Waals surface area (Å²) in [4.78, 5) is 61.7. The lowest BCUT2D eigenvalue weighted by atomic mass is 9.90. The summed E-state index contributed by atoms with van der Waals surface area (Å²) in [5.74, 6) is 5.60. The Morgan fingerprint density at radius 2 is 1.23 bits per heavy atom. The maximum absolute atomic E-state index is 13.8. The molecule has 0 aliphatic heterocycles. The smallest absolute Gasteiger partial charge is 0.276 e. The second-order valence-corrected chi connectivity index (χ2v) is 15.0. The van der Waals surface area contributed by atoms with Crippen molar-refractivity contribution in [2.24, 2.45) is 17.4 Å². The van der Waals surface area contributed by atoms with Crippen LogP contribution in [0, 0.1) is 31.6 Å². The number of aryl methyl sites for hydroxylation is 4. The van der Waals surface area contributed by atoms with E-state index in [2.05, 4.69) is 32.7 Å². The van der Waals surface area contributed by atoms with Gasteiger partial charge in [-0.1, -0.05) is 43.3 Å². The summed E-state index contributed by atoms with van der Waals surface area (Å²) < 4.78 is 18.7. The van der Waals surface area contributed by atoms with Crippen LogP contribution >= 0.6 is 0 Å². The molecule has 1 aliphatic rings. The highest BCUT2D eigenvalue weighted by atomic mass is 16.5. The Morgan fingerprint density at radius 1 is 0.742 bits per heavy atom. The zero-order chi connectivity index (χ0) is 44.1. The van der Waals surface area contributed by atoms with E-state index in [4.69, 9.17) is 30.9 Å². The summed E-state index contributed by atoms with van der Waals surface area (Å²) in [5, 5.41) is 14.7. The summed E-state index contributed by atoms with van der Waals surface area (Å²) in [5.41, 5.74) is 15.6. The molecule has 1 aliphatic carbocycles. The number of hydrogen-bond acceptors (Lipinski definition) is 10. The van der Waals surface area contributed by atoms with Gasteiger partial charge in [-0.2, -0.15) is 10.2 Å². The van der Waals surface area contributed by atoms with Crippen LogP contribution in [0.15, 0.2) is 48.6 Å². The van der Waals surface area contributed by atoms with Gasteiger partial charge in [-0.3, -0.25) is 39.2 Å². The Hall–Kier alpha value is -7.42. The van der Waals surface area contributed by atoms with Gasteiger partial charge in [0, 0.05) is 43.2 Å². The van der Waals surface area contributed by atoms with Gasteiger partial charge in [0.25, 0.3) is 11.8 Å². The van der Waals surface area contributed by atoms with E-state index in [0.717, 1.165) is 25.7 Å².